The summed E-state index contributed by atoms with van der Waals surface area (Å²) in [6, 6.07) is 2.16. The predicted octanol–water partition coefficient (Wildman–Crippen LogP) is 3.11. The maximum absolute atomic E-state index is 12.8. The minimum absolute atomic E-state index is 0.137. The first-order chi connectivity index (χ1) is 11.6. The number of rotatable bonds is 3. The molecule has 1 aromatic rings. The van der Waals surface area contributed by atoms with Crippen LogP contribution in [0.25, 0.3) is 0 Å². The van der Waals surface area contributed by atoms with Crippen LogP contribution in [0.4, 0.5) is 0 Å². The van der Waals surface area contributed by atoms with E-state index in [1.54, 1.807) is 11.3 Å². The van der Waals surface area contributed by atoms with Gasteiger partial charge in [-0.15, -0.1) is 11.3 Å². The lowest BCUT2D eigenvalue weighted by atomic mass is 9.82. The van der Waals surface area contributed by atoms with Crippen LogP contribution in [0.5, 0.6) is 0 Å². The van der Waals surface area contributed by atoms with Crippen molar-refractivity contribution in [1.82, 2.24) is 9.80 Å². The minimum atomic E-state index is -0.137. The lowest BCUT2D eigenvalue weighted by Gasteiger charge is -2.43. The molecular weight excluding hydrogens is 320 g/mol. The summed E-state index contributed by atoms with van der Waals surface area (Å²) < 4.78 is 6.28. The SMILES string of the molecule is CN1CCC2(CC1)OCCc1sc(C(=O)N(C)CC3CCC3)cc12. The Morgan fingerprint density at radius 2 is 2.17 bits per heavy atom. The zero-order chi connectivity index (χ0) is 16.7. The van der Waals surface area contributed by atoms with Crippen molar-refractivity contribution >= 4 is 17.2 Å². The average molecular weight is 349 g/mol. The number of ether oxygens (including phenoxy) is 1. The lowest BCUT2D eigenvalue weighted by Crippen LogP contribution is -2.44. The van der Waals surface area contributed by atoms with Crippen molar-refractivity contribution < 1.29 is 9.53 Å². The van der Waals surface area contributed by atoms with Gasteiger partial charge in [-0.25, -0.2) is 0 Å². The molecule has 2 aliphatic heterocycles. The van der Waals surface area contributed by atoms with Gasteiger partial charge in [0, 0.05) is 38.0 Å². The fourth-order valence-corrected chi connectivity index (χ4v) is 5.48. The molecule has 0 N–H and O–H groups in total. The van der Waals surface area contributed by atoms with E-state index >= 15 is 0 Å². The summed E-state index contributed by atoms with van der Waals surface area (Å²) in [5, 5.41) is 0. The first-order valence-corrected chi connectivity index (χ1v) is 10.1. The quantitative estimate of drug-likeness (QED) is 0.841. The van der Waals surface area contributed by atoms with Gasteiger partial charge in [-0.2, -0.15) is 0 Å². The first-order valence-electron chi connectivity index (χ1n) is 9.28. The third-order valence-electron chi connectivity index (χ3n) is 6.12. The topological polar surface area (TPSA) is 32.8 Å². The van der Waals surface area contributed by atoms with E-state index in [4.69, 9.17) is 4.74 Å². The van der Waals surface area contributed by atoms with E-state index in [1.165, 1.54) is 29.7 Å². The van der Waals surface area contributed by atoms with Crippen LogP contribution < -0.4 is 0 Å². The zero-order valence-electron chi connectivity index (χ0n) is 14.8. The molecule has 3 heterocycles. The van der Waals surface area contributed by atoms with E-state index in [0.29, 0.717) is 0 Å². The highest BCUT2D eigenvalue weighted by Crippen LogP contribution is 2.44. The van der Waals surface area contributed by atoms with Crippen LogP contribution in [0.1, 0.15) is 52.2 Å². The summed E-state index contributed by atoms with van der Waals surface area (Å²) >= 11 is 1.71. The van der Waals surface area contributed by atoms with Crippen LogP contribution in [0.2, 0.25) is 0 Å². The van der Waals surface area contributed by atoms with Crippen LogP contribution in [0.3, 0.4) is 0 Å². The second kappa shape index (κ2) is 6.43. The van der Waals surface area contributed by atoms with E-state index in [1.807, 2.05) is 11.9 Å². The number of piperidine rings is 1. The lowest BCUT2D eigenvalue weighted by molar-refractivity contribution is -0.0942. The predicted molar refractivity (Wildman–Crippen MR) is 96.7 cm³/mol. The maximum atomic E-state index is 12.8. The third kappa shape index (κ3) is 2.91. The molecule has 0 unspecified atom stereocenters. The molecule has 0 aromatic carbocycles. The zero-order valence-corrected chi connectivity index (χ0v) is 15.7. The van der Waals surface area contributed by atoms with Crippen LogP contribution in [-0.4, -0.2) is 56.0 Å². The number of amides is 1. The Kier molecular flexibility index (Phi) is 4.43. The van der Waals surface area contributed by atoms with Gasteiger partial charge in [-0.3, -0.25) is 4.79 Å². The van der Waals surface area contributed by atoms with Gasteiger partial charge >= 0.3 is 0 Å². The van der Waals surface area contributed by atoms with Gasteiger partial charge in [-0.05, 0) is 50.3 Å². The van der Waals surface area contributed by atoms with Crippen LogP contribution >= 0.6 is 11.3 Å². The molecule has 0 atom stereocenters. The second-order valence-corrected chi connectivity index (χ2v) is 8.96. The van der Waals surface area contributed by atoms with Crippen LogP contribution in [-0.2, 0) is 16.8 Å². The molecule has 1 saturated carbocycles. The molecule has 1 saturated heterocycles. The monoisotopic (exact) mass is 348 g/mol. The summed E-state index contributed by atoms with van der Waals surface area (Å²) in [4.78, 5) is 19.4. The summed E-state index contributed by atoms with van der Waals surface area (Å²) in [6.07, 6.45) is 6.93. The Morgan fingerprint density at radius 1 is 1.42 bits per heavy atom. The summed E-state index contributed by atoms with van der Waals surface area (Å²) in [5.41, 5.74) is 1.18. The molecule has 132 valence electrons. The number of carbonyl (C=O) groups excluding carboxylic acids is 1. The van der Waals surface area contributed by atoms with Crippen molar-refractivity contribution in [1.29, 1.82) is 0 Å². The van der Waals surface area contributed by atoms with Crippen LogP contribution in [0, 0.1) is 5.92 Å². The minimum Gasteiger partial charge on any atom is -0.370 e. The molecule has 1 spiro atoms. The second-order valence-electron chi connectivity index (χ2n) is 7.83. The van der Waals surface area contributed by atoms with Gasteiger partial charge in [0.05, 0.1) is 17.1 Å². The molecule has 5 heteroatoms. The van der Waals surface area contributed by atoms with Crippen molar-refractivity contribution in [2.75, 3.05) is 40.3 Å². The highest BCUT2D eigenvalue weighted by atomic mass is 32.1. The third-order valence-corrected chi connectivity index (χ3v) is 7.30. The van der Waals surface area contributed by atoms with E-state index < -0.39 is 0 Å². The van der Waals surface area contributed by atoms with Gasteiger partial charge in [0.25, 0.3) is 5.91 Å². The van der Waals surface area contributed by atoms with Gasteiger partial charge in [-0.1, -0.05) is 6.42 Å². The molecule has 1 aromatic heterocycles. The standard InChI is InChI=1S/C19H28N2O2S/c1-20-9-7-19(8-10-20)15-12-17(24-16(15)6-11-23-19)18(22)21(2)13-14-4-3-5-14/h12,14H,3-11,13H2,1-2H3. The average Bonchev–Trinajstić information content (AvgIpc) is 2.98. The Bertz CT molecular complexity index is 615. The number of hydrogen-bond acceptors (Lipinski definition) is 4. The van der Waals surface area contributed by atoms with Gasteiger partial charge in [0.1, 0.15) is 0 Å². The highest BCUT2D eigenvalue weighted by Gasteiger charge is 2.42. The Hall–Kier alpha value is -0.910. The van der Waals surface area contributed by atoms with Crippen molar-refractivity contribution in [2.24, 2.45) is 5.92 Å². The molecule has 2 fully saturated rings. The molecule has 1 aliphatic carbocycles. The summed E-state index contributed by atoms with van der Waals surface area (Å²) in [6.45, 7) is 3.84. The number of hydrogen-bond donors (Lipinski definition) is 0. The van der Waals surface area contributed by atoms with Crippen molar-refractivity contribution in [3.05, 3.63) is 21.4 Å². The molecule has 4 nitrogen and oxygen atoms in total. The largest absolute Gasteiger partial charge is 0.370 e. The summed E-state index contributed by atoms with van der Waals surface area (Å²) in [5.74, 6) is 0.918. The Balaban J connectivity index is 1.54. The smallest absolute Gasteiger partial charge is 0.263 e. The molecule has 1 amide bonds. The van der Waals surface area contributed by atoms with Gasteiger partial charge < -0.3 is 14.5 Å². The molecule has 0 bridgehead atoms. The molecule has 24 heavy (non-hydrogen) atoms. The van der Waals surface area contributed by atoms with E-state index in [9.17, 15) is 4.79 Å². The Labute approximate surface area is 148 Å². The normalized spacial score (nSPS) is 23.8. The van der Waals surface area contributed by atoms with E-state index in [2.05, 4.69) is 18.0 Å². The molecular formula is C19H28N2O2S. The fraction of sp³-hybridized carbons (Fsp3) is 0.737. The Morgan fingerprint density at radius 3 is 2.83 bits per heavy atom. The number of carbonyl (C=O) groups is 1. The van der Waals surface area contributed by atoms with Crippen molar-refractivity contribution in [2.45, 2.75) is 44.1 Å². The van der Waals surface area contributed by atoms with Gasteiger partial charge in [0.2, 0.25) is 0 Å². The van der Waals surface area contributed by atoms with Crippen LogP contribution in [0.15, 0.2) is 6.07 Å². The van der Waals surface area contributed by atoms with E-state index in [0.717, 1.165) is 56.3 Å². The highest BCUT2D eigenvalue weighted by molar-refractivity contribution is 7.14. The van der Waals surface area contributed by atoms with E-state index in [-0.39, 0.29) is 11.5 Å². The first kappa shape index (κ1) is 16.6. The number of likely N-dealkylation sites (tertiary alicyclic amines) is 1. The maximum Gasteiger partial charge on any atom is 0.263 e. The fourth-order valence-electron chi connectivity index (χ4n) is 4.25. The summed E-state index contributed by atoms with van der Waals surface area (Å²) in [7, 11) is 4.13. The molecule has 4 rings (SSSR count). The molecule has 0 radical (unpaired) electrons. The van der Waals surface area contributed by atoms with Gasteiger partial charge in [0.15, 0.2) is 0 Å². The number of nitrogens with zero attached hydrogens (tertiary/aromatic N) is 2. The number of fused-ring (bicyclic) bond motifs is 2. The molecule has 3 aliphatic rings. The van der Waals surface area contributed by atoms with Crippen molar-refractivity contribution in [3.63, 3.8) is 0 Å². The van der Waals surface area contributed by atoms with Crippen molar-refractivity contribution in [3.8, 4) is 0 Å². The number of thiophene rings is 1.